The van der Waals surface area contributed by atoms with Crippen LogP contribution in [0.1, 0.15) is 26.0 Å². The van der Waals surface area contributed by atoms with Crippen molar-refractivity contribution in [1.82, 2.24) is 9.97 Å². The summed E-state index contributed by atoms with van der Waals surface area (Å²) >= 11 is 0. The molecule has 0 saturated carbocycles. The lowest BCUT2D eigenvalue weighted by molar-refractivity contribution is 0.0787. The number of anilines is 2. The molecule has 134 valence electrons. The van der Waals surface area contributed by atoms with Crippen LogP contribution in [0, 0.1) is 11.3 Å². The number of para-hydroxylation sites is 2. The molecular formula is C19H21N5O2. The van der Waals surface area contributed by atoms with Crippen LogP contribution in [0.5, 0.6) is 5.75 Å². The molecule has 2 N–H and O–H groups in total. The quantitative estimate of drug-likeness (QED) is 0.583. The van der Waals surface area contributed by atoms with E-state index in [9.17, 15) is 5.26 Å². The molecule has 0 bridgehead atoms. The van der Waals surface area contributed by atoms with Crippen molar-refractivity contribution in [3.05, 3.63) is 48.1 Å². The monoisotopic (exact) mass is 351 g/mol. The fraction of sp³-hybridized carbons (Fsp3) is 0.316. The molecule has 0 fully saturated rings. The lowest BCUT2D eigenvalue weighted by atomic mass is 10.2. The van der Waals surface area contributed by atoms with Crippen molar-refractivity contribution >= 4 is 17.2 Å². The lowest BCUT2D eigenvalue weighted by Gasteiger charge is -2.09. The van der Waals surface area contributed by atoms with Crippen LogP contribution in [-0.2, 0) is 4.74 Å². The Morgan fingerprint density at radius 3 is 2.96 bits per heavy atom. The second-order valence-corrected chi connectivity index (χ2v) is 6.00. The van der Waals surface area contributed by atoms with Gasteiger partial charge >= 0.3 is 0 Å². The van der Waals surface area contributed by atoms with Gasteiger partial charge in [0.25, 0.3) is 0 Å². The van der Waals surface area contributed by atoms with Crippen LogP contribution in [0.25, 0.3) is 5.57 Å². The van der Waals surface area contributed by atoms with Gasteiger partial charge in [0.05, 0.1) is 17.5 Å². The van der Waals surface area contributed by atoms with Crippen molar-refractivity contribution in [3.63, 3.8) is 0 Å². The Balaban J connectivity index is 1.69. The van der Waals surface area contributed by atoms with E-state index in [2.05, 4.69) is 26.7 Å². The van der Waals surface area contributed by atoms with Gasteiger partial charge in [-0.1, -0.05) is 12.1 Å². The van der Waals surface area contributed by atoms with Crippen LogP contribution in [0.4, 0.5) is 11.6 Å². The average Bonchev–Trinajstić information content (AvgIpc) is 3.06. The number of nitrogens with one attached hydrogen (secondary N) is 2. The third-order valence-electron chi connectivity index (χ3n) is 3.65. The number of nitrogens with zero attached hydrogens (tertiary/aromatic N) is 3. The number of aromatic nitrogens is 2. The standard InChI is InChI=1S/C19H21N5O2/c1-13(2)25-11-5-9-21-19-22-10-8-15(24-19)14(12-20)18-23-16-6-3-4-7-17(16)26-18/h3-4,6-8,10,13,23H,5,9,11H2,1-2H3,(H,21,22,24)/b18-14-. The highest BCUT2D eigenvalue weighted by molar-refractivity contribution is 5.81. The van der Waals surface area contributed by atoms with Gasteiger partial charge in [0.2, 0.25) is 11.8 Å². The van der Waals surface area contributed by atoms with E-state index in [1.807, 2.05) is 38.1 Å². The van der Waals surface area contributed by atoms with E-state index in [1.54, 1.807) is 12.3 Å². The van der Waals surface area contributed by atoms with Crippen molar-refractivity contribution in [3.8, 4) is 11.8 Å². The van der Waals surface area contributed by atoms with E-state index in [0.717, 1.165) is 12.1 Å². The largest absolute Gasteiger partial charge is 0.437 e. The van der Waals surface area contributed by atoms with Crippen LogP contribution < -0.4 is 15.4 Å². The number of ether oxygens (including phenoxy) is 2. The SMILES string of the molecule is CC(C)OCCCNc1nccc(/C(C#N)=C2/Nc3ccccc3O2)n1. The van der Waals surface area contributed by atoms with Gasteiger partial charge in [-0.15, -0.1) is 0 Å². The average molecular weight is 351 g/mol. The van der Waals surface area contributed by atoms with Crippen LogP contribution in [0.15, 0.2) is 42.4 Å². The minimum Gasteiger partial charge on any atom is -0.437 e. The molecule has 26 heavy (non-hydrogen) atoms. The number of hydrogen-bond donors (Lipinski definition) is 2. The summed E-state index contributed by atoms with van der Waals surface area (Å²) in [5, 5.41) is 15.8. The molecule has 2 aromatic rings. The highest BCUT2D eigenvalue weighted by Gasteiger charge is 2.21. The van der Waals surface area contributed by atoms with Crippen LogP contribution in [0.2, 0.25) is 0 Å². The number of benzene rings is 1. The van der Waals surface area contributed by atoms with Gasteiger partial charge in [-0.05, 0) is 38.5 Å². The molecule has 0 unspecified atom stereocenters. The highest BCUT2D eigenvalue weighted by atomic mass is 16.5. The first-order valence-corrected chi connectivity index (χ1v) is 8.54. The number of rotatable bonds is 7. The summed E-state index contributed by atoms with van der Waals surface area (Å²) in [7, 11) is 0. The van der Waals surface area contributed by atoms with Crippen LogP contribution in [-0.4, -0.2) is 29.2 Å². The summed E-state index contributed by atoms with van der Waals surface area (Å²) in [6, 6.07) is 11.4. The van der Waals surface area contributed by atoms with Crippen LogP contribution in [0.3, 0.4) is 0 Å². The molecule has 7 heteroatoms. The zero-order chi connectivity index (χ0) is 18.4. The molecule has 0 atom stereocenters. The van der Waals surface area contributed by atoms with Crippen molar-refractivity contribution in [2.45, 2.75) is 26.4 Å². The normalized spacial score (nSPS) is 14.2. The molecule has 2 heterocycles. The second kappa shape index (κ2) is 8.32. The smallest absolute Gasteiger partial charge is 0.223 e. The van der Waals surface area contributed by atoms with Gasteiger partial charge in [0.15, 0.2) is 5.75 Å². The summed E-state index contributed by atoms with van der Waals surface area (Å²) in [5.74, 6) is 1.53. The number of nitriles is 1. The number of allylic oxidation sites excluding steroid dienone is 1. The Morgan fingerprint density at radius 1 is 1.35 bits per heavy atom. The molecule has 7 nitrogen and oxygen atoms in total. The molecule has 1 aliphatic rings. The first-order valence-electron chi connectivity index (χ1n) is 8.54. The van der Waals surface area contributed by atoms with Gasteiger partial charge in [0, 0.05) is 19.3 Å². The Hall–Kier alpha value is -3.11. The Kier molecular flexibility index (Phi) is 5.66. The molecule has 1 aliphatic heterocycles. The summed E-state index contributed by atoms with van der Waals surface area (Å²) in [6.07, 6.45) is 2.69. The zero-order valence-corrected chi connectivity index (χ0v) is 14.8. The molecule has 0 aliphatic carbocycles. The van der Waals surface area contributed by atoms with Gasteiger partial charge in [0.1, 0.15) is 11.6 Å². The molecule has 1 aromatic heterocycles. The predicted octanol–water partition coefficient (Wildman–Crippen LogP) is 3.40. The number of hydrogen-bond acceptors (Lipinski definition) is 7. The van der Waals surface area contributed by atoms with Gasteiger partial charge in [-0.2, -0.15) is 5.26 Å². The molecule has 0 amide bonds. The van der Waals surface area contributed by atoms with Crippen LogP contribution >= 0.6 is 0 Å². The minimum atomic E-state index is 0.224. The van der Waals surface area contributed by atoms with Crippen molar-refractivity contribution in [1.29, 1.82) is 5.26 Å². The summed E-state index contributed by atoms with van der Waals surface area (Å²) in [5.41, 5.74) is 1.65. The van der Waals surface area contributed by atoms with E-state index in [-0.39, 0.29) is 6.10 Å². The maximum atomic E-state index is 9.58. The molecule has 0 radical (unpaired) electrons. The maximum absolute atomic E-state index is 9.58. The Bertz CT molecular complexity index is 815. The molecular weight excluding hydrogens is 330 g/mol. The lowest BCUT2D eigenvalue weighted by Crippen LogP contribution is -2.11. The summed E-state index contributed by atoms with van der Waals surface area (Å²) in [6.45, 7) is 5.38. The van der Waals surface area contributed by atoms with Gasteiger partial charge in [-0.3, -0.25) is 0 Å². The fourth-order valence-corrected chi connectivity index (χ4v) is 2.43. The molecule has 0 spiro atoms. The topological polar surface area (TPSA) is 92.1 Å². The van der Waals surface area contributed by atoms with Crippen molar-refractivity contribution in [2.75, 3.05) is 23.8 Å². The van der Waals surface area contributed by atoms with E-state index in [0.29, 0.717) is 42.0 Å². The van der Waals surface area contributed by atoms with Gasteiger partial charge < -0.3 is 20.1 Å². The Labute approximate surface area is 152 Å². The summed E-state index contributed by atoms with van der Waals surface area (Å²) in [4.78, 5) is 8.62. The molecule has 1 aromatic carbocycles. The highest BCUT2D eigenvalue weighted by Crippen LogP contribution is 2.35. The predicted molar refractivity (Wildman–Crippen MR) is 99.5 cm³/mol. The van der Waals surface area contributed by atoms with Crippen molar-refractivity contribution in [2.24, 2.45) is 0 Å². The minimum absolute atomic E-state index is 0.224. The maximum Gasteiger partial charge on any atom is 0.223 e. The fourth-order valence-electron chi connectivity index (χ4n) is 2.43. The Morgan fingerprint density at radius 2 is 2.19 bits per heavy atom. The van der Waals surface area contributed by atoms with Crippen molar-refractivity contribution < 1.29 is 9.47 Å². The van der Waals surface area contributed by atoms with E-state index in [1.165, 1.54) is 0 Å². The number of fused-ring (bicyclic) bond motifs is 1. The third-order valence-corrected chi connectivity index (χ3v) is 3.65. The summed E-state index contributed by atoms with van der Waals surface area (Å²) < 4.78 is 11.2. The van der Waals surface area contributed by atoms with E-state index >= 15 is 0 Å². The van der Waals surface area contributed by atoms with E-state index < -0.39 is 0 Å². The molecule has 3 rings (SSSR count). The van der Waals surface area contributed by atoms with E-state index in [4.69, 9.17) is 9.47 Å². The molecule has 0 saturated heterocycles. The third kappa shape index (κ3) is 4.29. The van der Waals surface area contributed by atoms with Gasteiger partial charge in [-0.25, -0.2) is 9.97 Å². The zero-order valence-electron chi connectivity index (χ0n) is 14.8. The first kappa shape index (κ1) is 17.7. The second-order valence-electron chi connectivity index (χ2n) is 6.00. The first-order chi connectivity index (χ1) is 12.7.